The lowest BCUT2D eigenvalue weighted by atomic mass is 10.1. The molecule has 1 fully saturated rings. The minimum absolute atomic E-state index is 0.490. The van der Waals surface area contributed by atoms with Crippen LogP contribution in [0.15, 0.2) is 0 Å². The van der Waals surface area contributed by atoms with Gasteiger partial charge in [-0.1, -0.05) is 6.42 Å². The number of hydrogen-bond acceptors (Lipinski definition) is 3. The standard InChI is InChI=1S/C9H16N2O/c1-9(12,7-10)8-11-5-3-2-4-6-11/h12H,2-6,8H2,1H3. The van der Waals surface area contributed by atoms with Crippen LogP contribution in [0.4, 0.5) is 0 Å². The molecule has 0 aromatic heterocycles. The molecule has 1 N–H and O–H groups in total. The molecule has 0 aromatic rings. The fraction of sp³-hybridized carbons (Fsp3) is 0.889. The summed E-state index contributed by atoms with van der Waals surface area (Å²) in [6, 6.07) is 1.90. The summed E-state index contributed by atoms with van der Waals surface area (Å²) in [7, 11) is 0. The Bertz CT molecular complexity index is 177. The maximum Gasteiger partial charge on any atom is 0.160 e. The molecular weight excluding hydrogens is 152 g/mol. The number of rotatable bonds is 2. The largest absolute Gasteiger partial charge is 0.374 e. The van der Waals surface area contributed by atoms with Crippen molar-refractivity contribution in [2.45, 2.75) is 31.8 Å². The molecular formula is C9H16N2O. The second kappa shape index (κ2) is 3.88. The second-order valence-corrected chi connectivity index (χ2v) is 3.72. The quantitative estimate of drug-likeness (QED) is 0.619. The molecule has 0 aliphatic carbocycles. The first-order valence-electron chi connectivity index (χ1n) is 4.50. The highest BCUT2D eigenvalue weighted by Crippen LogP contribution is 2.12. The molecule has 0 aromatic carbocycles. The zero-order valence-corrected chi connectivity index (χ0v) is 7.58. The predicted molar refractivity (Wildman–Crippen MR) is 46.5 cm³/mol. The maximum atomic E-state index is 9.47. The normalized spacial score (nSPS) is 24.4. The fourth-order valence-electron chi connectivity index (χ4n) is 1.59. The molecule has 1 atom stereocenters. The van der Waals surface area contributed by atoms with E-state index in [4.69, 9.17) is 5.26 Å². The van der Waals surface area contributed by atoms with Crippen LogP contribution in [0.5, 0.6) is 0 Å². The predicted octanol–water partition coefficient (Wildman–Crippen LogP) is 0.747. The number of nitrogens with zero attached hydrogens (tertiary/aromatic N) is 2. The summed E-state index contributed by atoms with van der Waals surface area (Å²) in [5, 5.41) is 18.1. The van der Waals surface area contributed by atoms with Crippen molar-refractivity contribution in [3.8, 4) is 6.07 Å². The van der Waals surface area contributed by atoms with Crippen LogP contribution in [-0.2, 0) is 0 Å². The van der Waals surface area contributed by atoms with Crippen molar-refractivity contribution in [2.75, 3.05) is 19.6 Å². The molecule has 3 nitrogen and oxygen atoms in total. The zero-order valence-electron chi connectivity index (χ0n) is 7.58. The van der Waals surface area contributed by atoms with E-state index in [1.54, 1.807) is 6.92 Å². The number of hydrogen-bond donors (Lipinski definition) is 1. The van der Waals surface area contributed by atoms with E-state index in [1.807, 2.05) is 6.07 Å². The van der Waals surface area contributed by atoms with Gasteiger partial charge in [0, 0.05) is 6.54 Å². The lowest BCUT2D eigenvalue weighted by Crippen LogP contribution is -2.42. The van der Waals surface area contributed by atoms with E-state index in [9.17, 15) is 5.11 Å². The topological polar surface area (TPSA) is 47.3 Å². The molecule has 12 heavy (non-hydrogen) atoms. The lowest BCUT2D eigenvalue weighted by Gasteiger charge is -2.30. The minimum atomic E-state index is -1.17. The van der Waals surface area contributed by atoms with Gasteiger partial charge in [0.25, 0.3) is 0 Å². The van der Waals surface area contributed by atoms with E-state index in [0.29, 0.717) is 6.54 Å². The van der Waals surface area contributed by atoms with Gasteiger partial charge in [-0.25, -0.2) is 0 Å². The third-order valence-electron chi connectivity index (χ3n) is 2.22. The van der Waals surface area contributed by atoms with E-state index < -0.39 is 5.60 Å². The third kappa shape index (κ3) is 2.80. The van der Waals surface area contributed by atoms with Gasteiger partial charge < -0.3 is 5.11 Å². The first-order valence-corrected chi connectivity index (χ1v) is 4.50. The Morgan fingerprint density at radius 3 is 2.50 bits per heavy atom. The van der Waals surface area contributed by atoms with E-state index in [0.717, 1.165) is 13.1 Å². The van der Waals surface area contributed by atoms with Crippen molar-refractivity contribution < 1.29 is 5.11 Å². The second-order valence-electron chi connectivity index (χ2n) is 3.72. The van der Waals surface area contributed by atoms with Crippen molar-refractivity contribution in [3.63, 3.8) is 0 Å². The van der Waals surface area contributed by atoms with Crippen LogP contribution >= 0.6 is 0 Å². The van der Waals surface area contributed by atoms with Crippen molar-refractivity contribution >= 4 is 0 Å². The first kappa shape index (κ1) is 9.50. The van der Waals surface area contributed by atoms with E-state index >= 15 is 0 Å². The van der Waals surface area contributed by atoms with Gasteiger partial charge >= 0.3 is 0 Å². The monoisotopic (exact) mass is 168 g/mol. The molecule has 0 spiro atoms. The molecule has 1 aliphatic rings. The van der Waals surface area contributed by atoms with Gasteiger partial charge in [0.05, 0.1) is 6.07 Å². The molecule has 1 unspecified atom stereocenters. The van der Waals surface area contributed by atoms with Crippen LogP contribution in [-0.4, -0.2) is 35.2 Å². The molecule has 0 radical (unpaired) electrons. The Morgan fingerprint density at radius 1 is 1.42 bits per heavy atom. The van der Waals surface area contributed by atoms with Crippen molar-refractivity contribution in [3.05, 3.63) is 0 Å². The Kier molecular flexibility index (Phi) is 3.07. The summed E-state index contributed by atoms with van der Waals surface area (Å²) in [5.41, 5.74) is -1.17. The molecule has 1 saturated heterocycles. The number of piperidine rings is 1. The highest BCUT2D eigenvalue weighted by molar-refractivity contribution is 4.98. The zero-order chi connectivity index (χ0) is 9.03. The van der Waals surface area contributed by atoms with Gasteiger partial charge in [0.1, 0.15) is 0 Å². The summed E-state index contributed by atoms with van der Waals surface area (Å²) >= 11 is 0. The number of likely N-dealkylation sites (tertiary alicyclic amines) is 1. The minimum Gasteiger partial charge on any atom is -0.374 e. The molecule has 3 heteroatoms. The summed E-state index contributed by atoms with van der Waals surface area (Å²) in [5.74, 6) is 0. The first-order chi connectivity index (χ1) is 5.64. The third-order valence-corrected chi connectivity index (χ3v) is 2.22. The Labute approximate surface area is 73.6 Å². The summed E-state index contributed by atoms with van der Waals surface area (Å²) < 4.78 is 0. The van der Waals surface area contributed by atoms with Crippen LogP contribution in [0.1, 0.15) is 26.2 Å². The molecule has 0 amide bonds. The molecule has 0 bridgehead atoms. The number of β-amino-alcohol motifs (C(OH)–C–C–N with tert-alkyl or cyclic N) is 1. The van der Waals surface area contributed by atoms with Gasteiger partial charge in [0.15, 0.2) is 5.60 Å². The van der Waals surface area contributed by atoms with Crippen LogP contribution < -0.4 is 0 Å². The van der Waals surface area contributed by atoms with E-state index in [1.165, 1.54) is 19.3 Å². The summed E-state index contributed by atoms with van der Waals surface area (Å²) in [6.07, 6.45) is 3.67. The highest BCUT2D eigenvalue weighted by atomic mass is 16.3. The number of nitriles is 1. The van der Waals surface area contributed by atoms with Crippen molar-refractivity contribution in [2.24, 2.45) is 0 Å². The molecule has 1 rings (SSSR count). The van der Waals surface area contributed by atoms with Gasteiger partial charge in [-0.15, -0.1) is 0 Å². The van der Waals surface area contributed by atoms with Crippen LogP contribution in [0, 0.1) is 11.3 Å². The molecule has 1 aliphatic heterocycles. The number of aliphatic hydroxyl groups is 1. The SMILES string of the molecule is CC(O)(C#N)CN1CCCCC1. The Hall–Kier alpha value is -0.590. The van der Waals surface area contributed by atoms with Crippen LogP contribution in [0.3, 0.4) is 0 Å². The van der Waals surface area contributed by atoms with Crippen molar-refractivity contribution in [1.29, 1.82) is 5.26 Å². The fourth-order valence-corrected chi connectivity index (χ4v) is 1.59. The lowest BCUT2D eigenvalue weighted by molar-refractivity contribution is 0.0602. The van der Waals surface area contributed by atoms with E-state index in [-0.39, 0.29) is 0 Å². The van der Waals surface area contributed by atoms with Gasteiger partial charge in [0.2, 0.25) is 0 Å². The van der Waals surface area contributed by atoms with Crippen molar-refractivity contribution in [1.82, 2.24) is 4.90 Å². The Balaban J connectivity index is 2.35. The van der Waals surface area contributed by atoms with E-state index in [2.05, 4.69) is 4.90 Å². The van der Waals surface area contributed by atoms with Crippen LogP contribution in [0.2, 0.25) is 0 Å². The summed E-state index contributed by atoms with van der Waals surface area (Å²) in [4.78, 5) is 2.16. The molecule has 0 saturated carbocycles. The highest BCUT2D eigenvalue weighted by Gasteiger charge is 2.23. The van der Waals surface area contributed by atoms with Crippen LogP contribution in [0.25, 0.3) is 0 Å². The average molecular weight is 168 g/mol. The average Bonchev–Trinajstić information content (AvgIpc) is 2.06. The molecule has 68 valence electrons. The maximum absolute atomic E-state index is 9.47. The Morgan fingerprint density at radius 2 is 2.00 bits per heavy atom. The van der Waals surface area contributed by atoms with Gasteiger partial charge in [-0.2, -0.15) is 5.26 Å². The van der Waals surface area contributed by atoms with Gasteiger partial charge in [-0.3, -0.25) is 4.90 Å². The van der Waals surface area contributed by atoms with Gasteiger partial charge in [-0.05, 0) is 32.9 Å². The smallest absolute Gasteiger partial charge is 0.160 e. The molecule has 1 heterocycles. The summed E-state index contributed by atoms with van der Waals surface area (Å²) in [6.45, 7) is 4.11.